The van der Waals surface area contributed by atoms with E-state index in [1.165, 1.54) is 0 Å². The second kappa shape index (κ2) is 6.17. The predicted molar refractivity (Wildman–Crippen MR) is 46.0 cm³/mol. The average Bonchev–Trinajstić information content (AvgIpc) is 2.21. The molecule has 3 atom stereocenters. The zero-order valence-corrected chi connectivity index (χ0v) is 9.06. The van der Waals surface area contributed by atoms with Gasteiger partial charge < -0.3 is 35.0 Å². The molecule has 0 heterocycles. The Balaban J connectivity index is 4.40. The first-order valence-corrected chi connectivity index (χ1v) is 5.58. The Morgan fingerprint density at radius 1 is 1.24 bits per heavy atom. The van der Waals surface area contributed by atoms with E-state index in [0.717, 1.165) is 0 Å². The van der Waals surface area contributed by atoms with E-state index in [-0.39, 0.29) is 0 Å². The SMILES string of the molecule is O=C([O-])C(=O)[C@@H](O)[C@H](O)[C@H](O)COP(=O)(O)O. The van der Waals surface area contributed by atoms with Gasteiger partial charge in [0.2, 0.25) is 5.78 Å². The number of carboxylic acids is 1. The molecule has 0 aromatic carbocycles. The molecule has 11 heteroatoms. The highest BCUT2D eigenvalue weighted by Crippen LogP contribution is 2.35. The van der Waals surface area contributed by atoms with Crippen LogP contribution in [0.5, 0.6) is 0 Å². The fourth-order valence-corrected chi connectivity index (χ4v) is 1.11. The quantitative estimate of drug-likeness (QED) is 0.223. The van der Waals surface area contributed by atoms with E-state index < -0.39 is 44.5 Å². The molecule has 17 heavy (non-hydrogen) atoms. The number of aliphatic hydroxyl groups is 3. The first-order valence-electron chi connectivity index (χ1n) is 4.05. The van der Waals surface area contributed by atoms with Gasteiger partial charge in [-0.3, -0.25) is 9.32 Å². The lowest BCUT2D eigenvalue weighted by Gasteiger charge is -2.22. The predicted octanol–water partition coefficient (Wildman–Crippen LogP) is -4.50. The van der Waals surface area contributed by atoms with Crippen LogP contribution in [0.25, 0.3) is 0 Å². The molecule has 0 saturated heterocycles. The van der Waals surface area contributed by atoms with Crippen LogP contribution in [-0.2, 0) is 18.7 Å². The van der Waals surface area contributed by atoms with Gasteiger partial charge in [-0.15, -0.1) is 0 Å². The number of rotatable bonds is 7. The highest BCUT2D eigenvalue weighted by Gasteiger charge is 2.32. The summed E-state index contributed by atoms with van der Waals surface area (Å²) < 4.78 is 14.0. The van der Waals surface area contributed by atoms with Gasteiger partial charge in [-0.05, 0) is 0 Å². The summed E-state index contributed by atoms with van der Waals surface area (Å²) in [5, 5.41) is 37.0. The van der Waals surface area contributed by atoms with E-state index in [1.807, 2.05) is 0 Å². The molecule has 10 nitrogen and oxygen atoms in total. The summed E-state index contributed by atoms with van der Waals surface area (Å²) in [6, 6.07) is 0. The number of carboxylic acid groups (broad SMARTS) is 1. The van der Waals surface area contributed by atoms with Gasteiger partial charge in [0.25, 0.3) is 0 Å². The second-order valence-electron chi connectivity index (χ2n) is 2.94. The zero-order valence-electron chi connectivity index (χ0n) is 8.16. The molecule has 0 aliphatic rings. The normalized spacial score (nSPS) is 17.2. The van der Waals surface area contributed by atoms with Crippen molar-refractivity contribution in [3.63, 3.8) is 0 Å². The van der Waals surface area contributed by atoms with Crippen molar-refractivity contribution in [2.45, 2.75) is 18.3 Å². The lowest BCUT2D eigenvalue weighted by Crippen LogP contribution is -2.49. The van der Waals surface area contributed by atoms with E-state index in [9.17, 15) is 19.3 Å². The summed E-state index contributed by atoms with van der Waals surface area (Å²) in [6.45, 7) is -1.11. The number of phosphoric acid groups is 1. The molecule has 0 unspecified atom stereocenters. The molecule has 0 bridgehead atoms. The van der Waals surface area contributed by atoms with Crippen LogP contribution in [0.4, 0.5) is 0 Å². The third-order valence-corrected chi connectivity index (χ3v) is 2.09. The molecule has 0 fully saturated rings. The van der Waals surface area contributed by atoms with Gasteiger partial charge in [-0.2, -0.15) is 0 Å². The monoisotopic (exact) mass is 273 g/mol. The molecule has 5 N–H and O–H groups in total. The van der Waals surface area contributed by atoms with Crippen molar-refractivity contribution in [1.29, 1.82) is 0 Å². The number of hydrogen-bond acceptors (Lipinski definition) is 8. The van der Waals surface area contributed by atoms with Crippen LogP contribution >= 0.6 is 7.82 Å². The molecule has 0 amide bonds. The fraction of sp³-hybridized carbons (Fsp3) is 0.667. The lowest BCUT2D eigenvalue weighted by molar-refractivity contribution is -0.301. The van der Waals surface area contributed by atoms with Crippen molar-refractivity contribution >= 4 is 19.6 Å². The summed E-state index contributed by atoms with van der Waals surface area (Å²) >= 11 is 0. The Kier molecular flexibility index (Phi) is 5.85. The Morgan fingerprint density at radius 3 is 2.06 bits per heavy atom. The van der Waals surface area contributed by atoms with Crippen LogP contribution in [-0.4, -0.2) is 61.8 Å². The molecule has 0 saturated carbocycles. The van der Waals surface area contributed by atoms with Crippen LogP contribution < -0.4 is 5.11 Å². The Bertz CT molecular complexity index is 334. The largest absolute Gasteiger partial charge is 0.542 e. The molecule has 0 aliphatic carbocycles. The molecule has 0 aliphatic heterocycles. The van der Waals surface area contributed by atoms with Crippen LogP contribution in [0.3, 0.4) is 0 Å². The molecule has 0 spiro atoms. The standard InChI is InChI=1S/C6H11O10P/c7-2(1-16-17(13,14)15)3(8)4(9)5(10)6(11)12/h2-4,7-9H,1H2,(H,11,12)(H2,13,14,15)/p-1/t2-,3-,4+/m1/s1. The van der Waals surface area contributed by atoms with Crippen molar-refractivity contribution in [2.24, 2.45) is 0 Å². The van der Waals surface area contributed by atoms with Gasteiger partial charge in [0.1, 0.15) is 24.3 Å². The number of carbonyl (C=O) groups excluding carboxylic acids is 2. The van der Waals surface area contributed by atoms with Crippen LogP contribution in [0.1, 0.15) is 0 Å². The number of phosphoric ester groups is 1. The van der Waals surface area contributed by atoms with Gasteiger partial charge in [0.15, 0.2) is 0 Å². The van der Waals surface area contributed by atoms with E-state index >= 15 is 0 Å². The van der Waals surface area contributed by atoms with E-state index in [0.29, 0.717) is 0 Å². The molecule has 0 radical (unpaired) electrons. The van der Waals surface area contributed by atoms with Crippen molar-refractivity contribution < 1.29 is 48.9 Å². The second-order valence-corrected chi connectivity index (χ2v) is 4.18. The molecular weight excluding hydrogens is 263 g/mol. The highest BCUT2D eigenvalue weighted by atomic mass is 31.2. The minimum absolute atomic E-state index is 1.11. The maximum Gasteiger partial charge on any atom is 0.469 e. The van der Waals surface area contributed by atoms with Crippen molar-refractivity contribution in [2.75, 3.05) is 6.61 Å². The summed E-state index contributed by atoms with van der Waals surface area (Å²) in [6.07, 6.45) is -6.84. The van der Waals surface area contributed by atoms with Gasteiger partial charge in [-0.25, -0.2) is 4.57 Å². The van der Waals surface area contributed by atoms with Crippen LogP contribution in [0.15, 0.2) is 0 Å². The van der Waals surface area contributed by atoms with E-state index in [1.54, 1.807) is 0 Å². The summed E-state index contributed by atoms with van der Waals surface area (Å²) in [5.74, 6) is -4.16. The topological polar surface area (TPSA) is 185 Å². The van der Waals surface area contributed by atoms with E-state index in [4.69, 9.17) is 25.1 Å². The average molecular weight is 273 g/mol. The van der Waals surface area contributed by atoms with Gasteiger partial charge in [0, 0.05) is 0 Å². The van der Waals surface area contributed by atoms with Gasteiger partial charge in [-0.1, -0.05) is 0 Å². The first-order chi connectivity index (χ1) is 7.56. The highest BCUT2D eigenvalue weighted by molar-refractivity contribution is 7.46. The molecule has 0 aromatic rings. The Labute approximate surface area is 94.3 Å². The number of carbonyl (C=O) groups is 2. The smallest absolute Gasteiger partial charge is 0.469 e. The lowest BCUT2D eigenvalue weighted by atomic mass is 10.1. The van der Waals surface area contributed by atoms with Crippen LogP contribution in [0.2, 0.25) is 0 Å². The third-order valence-electron chi connectivity index (χ3n) is 1.60. The Morgan fingerprint density at radius 2 is 1.71 bits per heavy atom. The molecule has 0 rings (SSSR count). The summed E-state index contributed by atoms with van der Waals surface area (Å²) in [4.78, 5) is 37.1. The van der Waals surface area contributed by atoms with Crippen molar-refractivity contribution in [3.05, 3.63) is 0 Å². The van der Waals surface area contributed by atoms with Crippen molar-refractivity contribution in [3.8, 4) is 0 Å². The molecular formula is C6H10O10P-. The number of ketones is 1. The summed E-state index contributed by atoms with van der Waals surface area (Å²) in [5.41, 5.74) is 0. The minimum atomic E-state index is -4.90. The number of Topliss-reactive ketones (excluding diaryl/α,β-unsaturated/α-hetero) is 1. The van der Waals surface area contributed by atoms with Gasteiger partial charge in [0.05, 0.1) is 6.61 Å². The Hall–Kier alpha value is -0.870. The van der Waals surface area contributed by atoms with E-state index in [2.05, 4.69) is 4.52 Å². The van der Waals surface area contributed by atoms with Crippen molar-refractivity contribution in [1.82, 2.24) is 0 Å². The zero-order chi connectivity index (χ0) is 13.8. The third kappa shape index (κ3) is 5.84. The number of aliphatic hydroxyl groups excluding tert-OH is 3. The number of aliphatic carboxylic acids is 1. The van der Waals surface area contributed by atoms with Crippen LogP contribution in [0, 0.1) is 0 Å². The minimum Gasteiger partial charge on any atom is -0.542 e. The first kappa shape index (κ1) is 16.1. The molecule has 0 aromatic heterocycles. The maximum absolute atomic E-state index is 10.6. The van der Waals surface area contributed by atoms with Gasteiger partial charge >= 0.3 is 7.82 Å². The fourth-order valence-electron chi connectivity index (χ4n) is 0.758. The number of hydrogen-bond donors (Lipinski definition) is 5. The summed E-state index contributed by atoms with van der Waals surface area (Å²) in [7, 11) is -4.90. The molecule has 100 valence electrons. The maximum atomic E-state index is 10.6.